The molecule has 0 aliphatic carbocycles. The second-order valence-electron chi connectivity index (χ2n) is 5.79. The predicted octanol–water partition coefficient (Wildman–Crippen LogP) is 3.48. The van der Waals surface area contributed by atoms with Crippen LogP contribution in [0.15, 0.2) is 66.7 Å². The molecule has 3 rings (SSSR count). The second kappa shape index (κ2) is 7.81. The first-order valence-corrected chi connectivity index (χ1v) is 8.24. The number of carbonyl (C=O) groups is 1. The largest absolute Gasteiger partial charge is 0.496 e. The highest BCUT2D eigenvalue weighted by Crippen LogP contribution is 2.23. The van der Waals surface area contributed by atoms with Gasteiger partial charge in [-0.2, -0.15) is 0 Å². The maximum absolute atomic E-state index is 13.1. The van der Waals surface area contributed by atoms with Gasteiger partial charge in [-0.25, -0.2) is 0 Å². The lowest BCUT2D eigenvalue weighted by Gasteiger charge is -2.23. The number of nitrogens with zero attached hydrogens (tertiary/aromatic N) is 1. The van der Waals surface area contributed by atoms with Crippen LogP contribution in [0, 0.1) is 0 Å². The Hall–Kier alpha value is -2.85. The zero-order valence-electron chi connectivity index (χ0n) is 14.2. The van der Waals surface area contributed by atoms with Crippen molar-refractivity contribution in [3.05, 3.63) is 77.9 Å². The molecular formula is C21H21NO3. The number of benzene rings is 3. The lowest BCUT2D eigenvalue weighted by atomic mass is 10.0. The topological polar surface area (TPSA) is 49.8 Å². The summed E-state index contributed by atoms with van der Waals surface area (Å²) >= 11 is 0. The molecule has 0 radical (unpaired) electrons. The van der Waals surface area contributed by atoms with Gasteiger partial charge in [0.05, 0.1) is 13.7 Å². The molecule has 0 spiro atoms. The predicted molar refractivity (Wildman–Crippen MR) is 98.8 cm³/mol. The Labute approximate surface area is 147 Å². The van der Waals surface area contributed by atoms with Crippen molar-refractivity contribution in [2.75, 3.05) is 20.3 Å². The molecule has 3 aromatic carbocycles. The molecule has 4 heteroatoms. The summed E-state index contributed by atoms with van der Waals surface area (Å²) in [5, 5.41) is 11.4. The number of carbonyl (C=O) groups excluding carboxylic acids is 1. The number of aliphatic hydroxyl groups excluding tert-OH is 1. The van der Waals surface area contributed by atoms with Crippen LogP contribution in [-0.2, 0) is 6.54 Å². The zero-order valence-corrected chi connectivity index (χ0v) is 14.2. The fourth-order valence-corrected chi connectivity index (χ4v) is 2.99. The van der Waals surface area contributed by atoms with Crippen LogP contribution in [0.3, 0.4) is 0 Å². The second-order valence-corrected chi connectivity index (χ2v) is 5.79. The van der Waals surface area contributed by atoms with Gasteiger partial charge >= 0.3 is 0 Å². The lowest BCUT2D eigenvalue weighted by molar-refractivity contribution is 0.0708. The van der Waals surface area contributed by atoms with Crippen molar-refractivity contribution in [3.63, 3.8) is 0 Å². The molecule has 1 N–H and O–H groups in total. The van der Waals surface area contributed by atoms with Crippen LogP contribution in [0.5, 0.6) is 5.75 Å². The van der Waals surface area contributed by atoms with Crippen LogP contribution in [0.4, 0.5) is 0 Å². The number of rotatable bonds is 6. The summed E-state index contributed by atoms with van der Waals surface area (Å²) in [6.07, 6.45) is 0. The number of hydrogen-bond acceptors (Lipinski definition) is 3. The van der Waals surface area contributed by atoms with Crippen molar-refractivity contribution in [1.82, 2.24) is 4.90 Å². The van der Waals surface area contributed by atoms with Crippen LogP contribution in [0.25, 0.3) is 10.8 Å². The summed E-state index contributed by atoms with van der Waals surface area (Å²) in [4.78, 5) is 14.8. The standard InChI is InChI=1S/C21H21NO3/c1-25-20-12-5-3-8-17(20)15-22(13-14-23)21(24)19-11-6-9-16-7-2-4-10-18(16)19/h2-12,23H,13-15H2,1H3. The van der Waals surface area contributed by atoms with Gasteiger partial charge in [-0.1, -0.05) is 54.6 Å². The molecule has 25 heavy (non-hydrogen) atoms. The Morgan fingerprint density at radius 1 is 1.00 bits per heavy atom. The normalized spacial score (nSPS) is 10.6. The van der Waals surface area contributed by atoms with Gasteiger partial charge in [0.2, 0.25) is 0 Å². The number of ether oxygens (including phenoxy) is 1. The minimum Gasteiger partial charge on any atom is -0.496 e. The summed E-state index contributed by atoms with van der Waals surface area (Å²) in [5.41, 5.74) is 1.55. The minimum atomic E-state index is -0.100. The third-order valence-electron chi connectivity index (χ3n) is 4.23. The van der Waals surface area contributed by atoms with E-state index in [9.17, 15) is 9.90 Å². The zero-order chi connectivity index (χ0) is 17.6. The molecule has 3 aromatic rings. The van der Waals surface area contributed by atoms with Gasteiger partial charge in [0.1, 0.15) is 5.75 Å². The fraction of sp³-hybridized carbons (Fsp3) is 0.190. The molecule has 128 valence electrons. The molecule has 0 unspecified atom stereocenters. The van der Waals surface area contributed by atoms with Crippen LogP contribution in [-0.4, -0.2) is 36.2 Å². The monoisotopic (exact) mass is 335 g/mol. The average Bonchev–Trinajstić information content (AvgIpc) is 2.67. The Morgan fingerprint density at radius 2 is 1.72 bits per heavy atom. The fourth-order valence-electron chi connectivity index (χ4n) is 2.99. The van der Waals surface area contributed by atoms with E-state index in [0.717, 1.165) is 22.1 Å². The van der Waals surface area contributed by atoms with E-state index in [2.05, 4.69) is 0 Å². The Balaban J connectivity index is 1.95. The molecule has 0 aromatic heterocycles. The van der Waals surface area contributed by atoms with E-state index in [4.69, 9.17) is 4.74 Å². The summed E-state index contributed by atoms with van der Waals surface area (Å²) in [5.74, 6) is 0.632. The number of aliphatic hydroxyl groups is 1. The third-order valence-corrected chi connectivity index (χ3v) is 4.23. The van der Waals surface area contributed by atoms with Crippen molar-refractivity contribution in [2.45, 2.75) is 6.54 Å². The summed E-state index contributed by atoms with van der Waals surface area (Å²) < 4.78 is 5.38. The van der Waals surface area contributed by atoms with Crippen molar-refractivity contribution >= 4 is 16.7 Å². The van der Waals surface area contributed by atoms with Gasteiger partial charge in [0.15, 0.2) is 0 Å². The van der Waals surface area contributed by atoms with Gasteiger partial charge in [-0.15, -0.1) is 0 Å². The molecule has 0 saturated heterocycles. The number of amides is 1. The van der Waals surface area contributed by atoms with E-state index in [1.807, 2.05) is 66.7 Å². The van der Waals surface area contributed by atoms with Gasteiger partial charge < -0.3 is 14.7 Å². The Kier molecular flexibility index (Phi) is 5.31. The summed E-state index contributed by atoms with van der Waals surface area (Å²) in [6.45, 7) is 0.554. The highest BCUT2D eigenvalue weighted by Gasteiger charge is 2.19. The van der Waals surface area contributed by atoms with Gasteiger partial charge in [0.25, 0.3) is 5.91 Å². The molecule has 1 amide bonds. The number of methoxy groups -OCH3 is 1. The van der Waals surface area contributed by atoms with Crippen LogP contribution in [0.2, 0.25) is 0 Å². The summed E-state index contributed by atoms with van der Waals surface area (Å²) in [7, 11) is 1.61. The van der Waals surface area contributed by atoms with Gasteiger partial charge in [-0.3, -0.25) is 4.79 Å². The van der Waals surface area contributed by atoms with E-state index in [-0.39, 0.29) is 19.1 Å². The quantitative estimate of drug-likeness (QED) is 0.750. The third kappa shape index (κ3) is 3.64. The number of para-hydroxylation sites is 1. The van der Waals surface area contributed by atoms with E-state index >= 15 is 0 Å². The highest BCUT2D eigenvalue weighted by atomic mass is 16.5. The summed E-state index contributed by atoms with van der Waals surface area (Å²) in [6, 6.07) is 21.1. The Bertz CT molecular complexity index is 870. The number of hydrogen-bond donors (Lipinski definition) is 1. The molecule has 0 heterocycles. The highest BCUT2D eigenvalue weighted by molar-refractivity contribution is 6.07. The molecule has 0 bridgehead atoms. The van der Waals surface area contributed by atoms with Crippen molar-refractivity contribution in [1.29, 1.82) is 0 Å². The SMILES string of the molecule is COc1ccccc1CN(CCO)C(=O)c1cccc2ccccc12. The van der Waals surface area contributed by atoms with Crippen molar-refractivity contribution < 1.29 is 14.6 Å². The first-order valence-electron chi connectivity index (χ1n) is 8.24. The van der Waals surface area contributed by atoms with Crippen LogP contribution < -0.4 is 4.74 Å². The molecule has 0 aliphatic heterocycles. The average molecular weight is 335 g/mol. The van der Waals surface area contributed by atoms with Crippen molar-refractivity contribution in [2.24, 2.45) is 0 Å². The van der Waals surface area contributed by atoms with E-state index in [0.29, 0.717) is 12.1 Å². The molecular weight excluding hydrogens is 314 g/mol. The van der Waals surface area contributed by atoms with Gasteiger partial charge in [0, 0.05) is 24.2 Å². The number of fused-ring (bicyclic) bond motifs is 1. The molecule has 0 saturated carbocycles. The first kappa shape index (κ1) is 17.0. The van der Waals surface area contributed by atoms with E-state index in [1.54, 1.807) is 12.0 Å². The van der Waals surface area contributed by atoms with Crippen LogP contribution >= 0.6 is 0 Å². The van der Waals surface area contributed by atoms with E-state index < -0.39 is 0 Å². The van der Waals surface area contributed by atoms with Gasteiger partial charge in [-0.05, 0) is 22.9 Å². The molecule has 0 atom stereocenters. The smallest absolute Gasteiger partial charge is 0.254 e. The first-order chi connectivity index (χ1) is 12.2. The maximum Gasteiger partial charge on any atom is 0.254 e. The van der Waals surface area contributed by atoms with Crippen LogP contribution in [0.1, 0.15) is 15.9 Å². The molecule has 0 aliphatic rings. The molecule has 4 nitrogen and oxygen atoms in total. The lowest BCUT2D eigenvalue weighted by Crippen LogP contribution is -2.33. The van der Waals surface area contributed by atoms with Crippen molar-refractivity contribution in [3.8, 4) is 5.75 Å². The maximum atomic E-state index is 13.1. The molecule has 0 fully saturated rings. The van der Waals surface area contributed by atoms with E-state index in [1.165, 1.54) is 0 Å². The minimum absolute atomic E-state index is 0.0916. The Morgan fingerprint density at radius 3 is 2.52 bits per heavy atom.